The minimum Gasteiger partial charge on any atom is -0.469 e. The third-order valence-electron chi connectivity index (χ3n) is 3.51. The first-order valence-electron chi connectivity index (χ1n) is 7.11. The van der Waals surface area contributed by atoms with E-state index in [1.54, 1.807) is 0 Å². The molecule has 1 aromatic carbocycles. The second-order valence-corrected chi connectivity index (χ2v) is 5.01. The van der Waals surface area contributed by atoms with Crippen molar-refractivity contribution in [1.29, 1.82) is 0 Å². The van der Waals surface area contributed by atoms with E-state index in [0.29, 0.717) is 25.8 Å². The predicted octanol–water partition coefficient (Wildman–Crippen LogP) is 0.664. The Morgan fingerprint density at radius 3 is 2.76 bits per heavy atom. The second-order valence-electron chi connectivity index (χ2n) is 5.01. The summed E-state index contributed by atoms with van der Waals surface area (Å²) in [5, 5.41) is 2.83. The molecular weight excluding hydrogens is 270 g/mol. The Labute approximate surface area is 124 Å². The largest absolute Gasteiger partial charge is 0.469 e. The molecule has 21 heavy (non-hydrogen) atoms. The van der Waals surface area contributed by atoms with Gasteiger partial charge in [-0.1, -0.05) is 30.3 Å². The number of nitrogens with one attached hydrogen (secondary N) is 3. The zero-order chi connectivity index (χ0) is 15.1. The number of benzene rings is 1. The van der Waals surface area contributed by atoms with Gasteiger partial charge in [-0.05, 0) is 18.4 Å². The van der Waals surface area contributed by atoms with E-state index < -0.39 is 0 Å². The lowest BCUT2D eigenvalue weighted by Crippen LogP contribution is -2.43. The molecule has 3 N–H and O–H groups in total. The van der Waals surface area contributed by atoms with Crippen molar-refractivity contribution in [3.8, 4) is 0 Å². The van der Waals surface area contributed by atoms with Crippen LogP contribution in [0, 0.1) is 0 Å². The number of amides is 1. The molecule has 0 spiro atoms. The molecule has 1 fully saturated rings. The first-order valence-corrected chi connectivity index (χ1v) is 7.11. The predicted molar refractivity (Wildman–Crippen MR) is 78.1 cm³/mol. The Morgan fingerprint density at radius 1 is 1.29 bits per heavy atom. The van der Waals surface area contributed by atoms with Crippen molar-refractivity contribution in [1.82, 2.24) is 16.2 Å². The number of carbonyl (C=O) groups is 2. The maximum absolute atomic E-state index is 12.0. The van der Waals surface area contributed by atoms with E-state index in [0.717, 1.165) is 5.56 Å². The van der Waals surface area contributed by atoms with E-state index >= 15 is 0 Å². The summed E-state index contributed by atoms with van der Waals surface area (Å²) in [5.74, 6) is -0.306. The van der Waals surface area contributed by atoms with Crippen LogP contribution in [0.15, 0.2) is 30.3 Å². The molecule has 0 aliphatic carbocycles. The van der Waals surface area contributed by atoms with Gasteiger partial charge in [-0.3, -0.25) is 9.59 Å². The summed E-state index contributed by atoms with van der Waals surface area (Å²) in [5.41, 5.74) is 7.31. The van der Waals surface area contributed by atoms with E-state index in [-0.39, 0.29) is 24.0 Å². The fourth-order valence-corrected chi connectivity index (χ4v) is 2.30. The number of hydrogen-bond donors (Lipinski definition) is 3. The van der Waals surface area contributed by atoms with Crippen LogP contribution in [0.2, 0.25) is 0 Å². The van der Waals surface area contributed by atoms with Crippen LogP contribution in [-0.4, -0.2) is 31.6 Å². The smallest absolute Gasteiger partial charge is 0.305 e. The zero-order valence-corrected chi connectivity index (χ0v) is 12.1. The molecule has 1 aromatic rings. The van der Waals surface area contributed by atoms with Crippen molar-refractivity contribution < 1.29 is 14.3 Å². The maximum atomic E-state index is 12.0. The quantitative estimate of drug-likeness (QED) is 0.530. The molecule has 2 unspecified atom stereocenters. The summed E-state index contributed by atoms with van der Waals surface area (Å²) in [7, 11) is 1.36. The molecule has 1 aliphatic rings. The molecule has 114 valence electrons. The van der Waals surface area contributed by atoms with Crippen molar-refractivity contribution in [2.45, 2.75) is 31.3 Å². The molecule has 1 saturated heterocycles. The van der Waals surface area contributed by atoms with E-state index in [2.05, 4.69) is 20.9 Å². The van der Waals surface area contributed by atoms with Crippen LogP contribution in [-0.2, 0) is 14.3 Å². The highest BCUT2D eigenvalue weighted by atomic mass is 16.5. The minimum atomic E-state index is -0.256. The van der Waals surface area contributed by atoms with Crippen LogP contribution >= 0.6 is 0 Å². The van der Waals surface area contributed by atoms with Gasteiger partial charge in [0.1, 0.15) is 6.04 Å². The third-order valence-corrected chi connectivity index (χ3v) is 3.51. The van der Waals surface area contributed by atoms with Crippen molar-refractivity contribution in [3.63, 3.8) is 0 Å². The lowest BCUT2D eigenvalue weighted by Gasteiger charge is -2.10. The molecule has 0 aromatic heterocycles. The maximum Gasteiger partial charge on any atom is 0.305 e. The number of methoxy groups -OCH3 is 1. The van der Waals surface area contributed by atoms with E-state index in [1.807, 2.05) is 30.3 Å². The number of ether oxygens (including phenoxy) is 1. The molecule has 6 nitrogen and oxygen atoms in total. The fraction of sp³-hybridized carbons (Fsp3) is 0.467. The van der Waals surface area contributed by atoms with Crippen LogP contribution in [0.4, 0.5) is 0 Å². The van der Waals surface area contributed by atoms with Crippen LogP contribution in [0.25, 0.3) is 0 Å². The van der Waals surface area contributed by atoms with E-state index in [1.165, 1.54) is 7.11 Å². The molecule has 6 heteroatoms. The number of carbonyl (C=O) groups excluding carboxylic acids is 2. The van der Waals surface area contributed by atoms with E-state index in [9.17, 15) is 9.59 Å². The Bertz CT molecular complexity index is 478. The van der Waals surface area contributed by atoms with Crippen LogP contribution in [0.1, 0.15) is 30.9 Å². The lowest BCUT2D eigenvalue weighted by molar-refractivity contribution is -0.140. The molecule has 2 rings (SSSR count). The van der Waals surface area contributed by atoms with Gasteiger partial charge in [0.2, 0.25) is 5.91 Å². The van der Waals surface area contributed by atoms with Gasteiger partial charge in [0, 0.05) is 19.0 Å². The van der Waals surface area contributed by atoms with Crippen molar-refractivity contribution >= 4 is 11.9 Å². The first-order chi connectivity index (χ1) is 10.2. The zero-order valence-electron chi connectivity index (χ0n) is 12.1. The van der Waals surface area contributed by atoms with Crippen molar-refractivity contribution in [3.05, 3.63) is 35.9 Å². The monoisotopic (exact) mass is 291 g/mol. The van der Waals surface area contributed by atoms with Gasteiger partial charge in [-0.25, -0.2) is 10.9 Å². The summed E-state index contributed by atoms with van der Waals surface area (Å²) in [6.45, 7) is 0.474. The van der Waals surface area contributed by atoms with Crippen LogP contribution < -0.4 is 16.2 Å². The number of rotatable bonds is 6. The van der Waals surface area contributed by atoms with Gasteiger partial charge in [-0.15, -0.1) is 0 Å². The molecule has 1 heterocycles. The average Bonchev–Trinajstić information content (AvgIpc) is 3.02. The Balaban J connectivity index is 1.71. The van der Waals surface area contributed by atoms with Gasteiger partial charge in [0.05, 0.1) is 7.11 Å². The summed E-state index contributed by atoms with van der Waals surface area (Å²) in [6.07, 6.45) is 1.60. The SMILES string of the molecule is COC(=O)CCCNC(=O)C1CC(c2ccccc2)NN1. The molecule has 0 bridgehead atoms. The second kappa shape index (κ2) is 7.75. The molecular formula is C15H21N3O3. The normalized spacial score (nSPS) is 21.0. The highest BCUT2D eigenvalue weighted by Crippen LogP contribution is 2.21. The Kier molecular flexibility index (Phi) is 5.71. The van der Waals surface area contributed by atoms with Gasteiger partial charge < -0.3 is 10.1 Å². The highest BCUT2D eigenvalue weighted by Gasteiger charge is 2.29. The third kappa shape index (κ3) is 4.54. The number of esters is 1. The van der Waals surface area contributed by atoms with Crippen molar-refractivity contribution in [2.24, 2.45) is 0 Å². The lowest BCUT2D eigenvalue weighted by atomic mass is 10.0. The van der Waals surface area contributed by atoms with Gasteiger partial charge in [0.15, 0.2) is 0 Å². The summed E-state index contributed by atoms with van der Waals surface area (Å²) < 4.78 is 4.55. The number of hydrazine groups is 1. The standard InChI is InChI=1S/C15H21N3O3/c1-21-14(19)8-5-9-16-15(20)13-10-12(17-18-13)11-6-3-2-4-7-11/h2-4,6-7,12-13,17-18H,5,8-10H2,1H3,(H,16,20). The minimum absolute atomic E-state index is 0.0502. The van der Waals surface area contributed by atoms with Gasteiger partial charge in [-0.2, -0.15) is 0 Å². The van der Waals surface area contributed by atoms with E-state index in [4.69, 9.17) is 0 Å². The Hall–Kier alpha value is -1.92. The van der Waals surface area contributed by atoms with Crippen LogP contribution in [0.3, 0.4) is 0 Å². The van der Waals surface area contributed by atoms with Crippen molar-refractivity contribution in [2.75, 3.05) is 13.7 Å². The molecule has 2 atom stereocenters. The van der Waals surface area contributed by atoms with Gasteiger partial charge in [0.25, 0.3) is 0 Å². The molecule has 0 saturated carbocycles. The number of hydrogen-bond acceptors (Lipinski definition) is 5. The van der Waals surface area contributed by atoms with Gasteiger partial charge >= 0.3 is 5.97 Å². The summed E-state index contributed by atoms with van der Waals surface area (Å²) in [4.78, 5) is 23.0. The average molecular weight is 291 g/mol. The summed E-state index contributed by atoms with van der Waals surface area (Å²) in [6, 6.07) is 9.89. The summed E-state index contributed by atoms with van der Waals surface area (Å²) >= 11 is 0. The molecule has 1 amide bonds. The highest BCUT2D eigenvalue weighted by molar-refractivity contribution is 5.82. The Morgan fingerprint density at radius 2 is 2.05 bits per heavy atom. The molecule has 0 radical (unpaired) electrons. The van der Waals surface area contributed by atoms with Crippen LogP contribution in [0.5, 0.6) is 0 Å². The topological polar surface area (TPSA) is 79.5 Å². The fourth-order valence-electron chi connectivity index (χ4n) is 2.30. The first kappa shape index (κ1) is 15.5. The molecule has 1 aliphatic heterocycles.